The first kappa shape index (κ1) is 16.2. The van der Waals surface area contributed by atoms with Crippen LogP contribution in [0.4, 0.5) is 5.69 Å². The van der Waals surface area contributed by atoms with E-state index >= 15 is 0 Å². The third-order valence-electron chi connectivity index (χ3n) is 5.18. The van der Waals surface area contributed by atoms with Crippen molar-refractivity contribution in [2.75, 3.05) is 19.4 Å². The number of amides is 1. The van der Waals surface area contributed by atoms with Crippen LogP contribution in [0.25, 0.3) is 0 Å². The zero-order chi connectivity index (χ0) is 16.4. The number of anilines is 1. The highest BCUT2D eigenvalue weighted by molar-refractivity contribution is 5.95. The fourth-order valence-electron chi connectivity index (χ4n) is 4.05. The van der Waals surface area contributed by atoms with Crippen LogP contribution in [0.1, 0.15) is 37.7 Å². The molecule has 2 aliphatic rings. The molecule has 2 bridgehead atoms. The molecule has 3 rings (SSSR count). The van der Waals surface area contributed by atoms with Crippen molar-refractivity contribution in [3.8, 4) is 0 Å². The molecule has 124 valence electrons. The molecule has 1 unspecified atom stereocenters. The Hall–Kier alpha value is -1.68. The first-order valence-corrected chi connectivity index (χ1v) is 8.62. The summed E-state index contributed by atoms with van der Waals surface area (Å²) in [6, 6.07) is 7.96. The Labute approximate surface area is 138 Å². The number of nitrogens with one attached hydrogen (secondary N) is 1. The molecular formula is C19H26N2O2. The lowest BCUT2D eigenvalue weighted by atomic mass is 9.67. The molecule has 4 heteroatoms. The van der Waals surface area contributed by atoms with E-state index in [0.717, 1.165) is 49.9 Å². The molecule has 2 saturated carbocycles. The van der Waals surface area contributed by atoms with E-state index in [1.807, 2.05) is 32.3 Å². The van der Waals surface area contributed by atoms with Crippen LogP contribution in [0.5, 0.6) is 0 Å². The minimum absolute atomic E-state index is 0.0181. The molecule has 1 N–H and O–H groups in total. The first-order valence-electron chi connectivity index (χ1n) is 8.62. The molecule has 1 aromatic carbocycles. The standard InChI is InChI=1S/C19H26N2O2/c1-21(2)12-15-6-3-4-9-17(15)20-19(23)16-10-13-7-5-8-14(11-16)18(13)22/h3-4,6,9,13-14,16H,5,7-8,10-12H2,1-2H3,(H,20,23)/t13-,14+,16?. The summed E-state index contributed by atoms with van der Waals surface area (Å²) in [5, 5.41) is 3.11. The molecule has 1 aromatic rings. The number of Topliss-reactive ketones (excluding diaryl/α,β-unsaturated/α-hetero) is 1. The zero-order valence-corrected chi connectivity index (χ0v) is 14.0. The van der Waals surface area contributed by atoms with Crippen LogP contribution < -0.4 is 5.32 Å². The molecule has 0 spiro atoms. The van der Waals surface area contributed by atoms with Gasteiger partial charge in [0.2, 0.25) is 5.91 Å². The topological polar surface area (TPSA) is 49.4 Å². The Morgan fingerprint density at radius 2 is 1.83 bits per heavy atom. The van der Waals surface area contributed by atoms with Gasteiger partial charge in [0.25, 0.3) is 0 Å². The second-order valence-electron chi connectivity index (χ2n) is 7.28. The monoisotopic (exact) mass is 314 g/mol. The number of benzene rings is 1. The maximum atomic E-state index is 12.7. The van der Waals surface area contributed by atoms with Gasteiger partial charge in [0.15, 0.2) is 0 Å². The van der Waals surface area contributed by atoms with Crippen LogP contribution in [0.15, 0.2) is 24.3 Å². The molecule has 0 radical (unpaired) electrons. The number of ketones is 1. The minimum Gasteiger partial charge on any atom is -0.326 e. The maximum absolute atomic E-state index is 12.7. The van der Waals surface area contributed by atoms with E-state index in [9.17, 15) is 9.59 Å². The molecule has 1 amide bonds. The normalized spacial score (nSPS) is 27.1. The number of carbonyl (C=O) groups is 2. The van der Waals surface area contributed by atoms with Crippen molar-refractivity contribution in [2.45, 2.75) is 38.6 Å². The lowest BCUT2D eigenvalue weighted by Gasteiger charge is -2.37. The lowest BCUT2D eigenvalue weighted by Crippen LogP contribution is -2.40. The molecule has 2 aliphatic carbocycles. The molecule has 3 atom stereocenters. The smallest absolute Gasteiger partial charge is 0.227 e. The SMILES string of the molecule is CN(C)Cc1ccccc1NC(=O)C1C[C@H]2CCC[C@@H](C1)C2=O. The van der Waals surface area contributed by atoms with Crippen molar-refractivity contribution in [2.24, 2.45) is 17.8 Å². The Kier molecular flexibility index (Phi) is 4.81. The molecule has 0 aliphatic heterocycles. The van der Waals surface area contributed by atoms with Gasteiger partial charge in [0.1, 0.15) is 5.78 Å². The summed E-state index contributed by atoms with van der Waals surface area (Å²) in [4.78, 5) is 27.0. The summed E-state index contributed by atoms with van der Waals surface area (Å²) in [6.07, 6.45) is 4.54. The van der Waals surface area contributed by atoms with Crippen LogP contribution in [0, 0.1) is 17.8 Å². The number of nitrogens with zero attached hydrogens (tertiary/aromatic N) is 1. The fourth-order valence-corrected chi connectivity index (χ4v) is 4.05. The highest BCUT2D eigenvalue weighted by Crippen LogP contribution is 2.40. The van der Waals surface area contributed by atoms with Gasteiger partial charge in [-0.3, -0.25) is 9.59 Å². The van der Waals surface area contributed by atoms with Gasteiger partial charge in [-0.05, 0) is 51.4 Å². The van der Waals surface area contributed by atoms with E-state index < -0.39 is 0 Å². The van der Waals surface area contributed by atoms with E-state index in [0.29, 0.717) is 5.78 Å². The van der Waals surface area contributed by atoms with Crippen molar-refractivity contribution in [1.82, 2.24) is 4.90 Å². The molecule has 23 heavy (non-hydrogen) atoms. The number of carbonyl (C=O) groups excluding carboxylic acids is 2. The molecule has 0 heterocycles. The number of hydrogen-bond acceptors (Lipinski definition) is 3. The van der Waals surface area contributed by atoms with Gasteiger partial charge >= 0.3 is 0 Å². The lowest BCUT2D eigenvalue weighted by molar-refractivity contribution is -0.136. The summed E-state index contributed by atoms with van der Waals surface area (Å²) >= 11 is 0. The van der Waals surface area contributed by atoms with Crippen molar-refractivity contribution in [3.05, 3.63) is 29.8 Å². The largest absolute Gasteiger partial charge is 0.326 e. The van der Waals surface area contributed by atoms with Crippen molar-refractivity contribution >= 4 is 17.4 Å². The molecular weight excluding hydrogens is 288 g/mol. The fraction of sp³-hybridized carbons (Fsp3) is 0.579. The van der Waals surface area contributed by atoms with Crippen molar-refractivity contribution in [1.29, 1.82) is 0 Å². The highest BCUT2D eigenvalue weighted by atomic mass is 16.2. The molecule has 2 fully saturated rings. The molecule has 0 aromatic heterocycles. The summed E-state index contributed by atoms with van der Waals surface area (Å²) in [7, 11) is 4.04. The van der Waals surface area contributed by atoms with Gasteiger partial charge in [0, 0.05) is 30.0 Å². The number of para-hydroxylation sites is 1. The van der Waals surface area contributed by atoms with Crippen LogP contribution in [-0.2, 0) is 16.1 Å². The first-order chi connectivity index (χ1) is 11.0. The molecule has 0 saturated heterocycles. The zero-order valence-electron chi connectivity index (χ0n) is 14.0. The maximum Gasteiger partial charge on any atom is 0.227 e. The van der Waals surface area contributed by atoms with Gasteiger partial charge in [-0.2, -0.15) is 0 Å². The predicted molar refractivity (Wildman–Crippen MR) is 91.0 cm³/mol. The van der Waals surface area contributed by atoms with Crippen LogP contribution >= 0.6 is 0 Å². The van der Waals surface area contributed by atoms with E-state index in [1.165, 1.54) is 0 Å². The van der Waals surface area contributed by atoms with Crippen LogP contribution in [0.2, 0.25) is 0 Å². The Morgan fingerprint density at radius 3 is 2.48 bits per heavy atom. The van der Waals surface area contributed by atoms with Gasteiger partial charge in [0.05, 0.1) is 0 Å². The third-order valence-corrected chi connectivity index (χ3v) is 5.18. The second-order valence-corrected chi connectivity index (χ2v) is 7.28. The Morgan fingerprint density at radius 1 is 1.17 bits per heavy atom. The van der Waals surface area contributed by atoms with Gasteiger partial charge in [-0.15, -0.1) is 0 Å². The number of rotatable bonds is 4. The quantitative estimate of drug-likeness (QED) is 0.929. The average molecular weight is 314 g/mol. The van der Waals surface area contributed by atoms with E-state index in [1.54, 1.807) is 0 Å². The summed E-state index contributed by atoms with van der Waals surface area (Å²) in [5.74, 6) is 0.717. The Balaban J connectivity index is 1.69. The van der Waals surface area contributed by atoms with Gasteiger partial charge in [-0.1, -0.05) is 24.6 Å². The van der Waals surface area contributed by atoms with E-state index in [-0.39, 0.29) is 23.7 Å². The van der Waals surface area contributed by atoms with E-state index in [4.69, 9.17) is 0 Å². The van der Waals surface area contributed by atoms with E-state index in [2.05, 4.69) is 16.3 Å². The van der Waals surface area contributed by atoms with Gasteiger partial charge < -0.3 is 10.2 Å². The summed E-state index contributed by atoms with van der Waals surface area (Å²) in [6.45, 7) is 0.796. The summed E-state index contributed by atoms with van der Waals surface area (Å²) in [5.41, 5.74) is 2.02. The van der Waals surface area contributed by atoms with Crippen LogP contribution in [0.3, 0.4) is 0 Å². The van der Waals surface area contributed by atoms with Crippen molar-refractivity contribution < 1.29 is 9.59 Å². The third kappa shape index (κ3) is 3.63. The number of fused-ring (bicyclic) bond motifs is 2. The molecule has 4 nitrogen and oxygen atoms in total. The summed E-state index contributed by atoms with van der Waals surface area (Å²) < 4.78 is 0. The Bertz CT molecular complexity index is 581. The predicted octanol–water partition coefficient (Wildman–Crippen LogP) is 3.08. The number of hydrogen-bond donors (Lipinski definition) is 1. The van der Waals surface area contributed by atoms with Crippen molar-refractivity contribution in [3.63, 3.8) is 0 Å². The minimum atomic E-state index is -0.0181. The second kappa shape index (κ2) is 6.83. The van der Waals surface area contributed by atoms with Crippen LogP contribution in [-0.4, -0.2) is 30.7 Å². The highest BCUT2D eigenvalue weighted by Gasteiger charge is 2.41. The average Bonchev–Trinajstić information content (AvgIpc) is 2.48. The van der Waals surface area contributed by atoms with Gasteiger partial charge in [-0.25, -0.2) is 0 Å².